The van der Waals surface area contributed by atoms with Crippen LogP contribution in [0.15, 0.2) is 30.6 Å². The Morgan fingerprint density at radius 3 is 2.89 bits per heavy atom. The third-order valence-electron chi connectivity index (χ3n) is 3.51. The molecule has 0 bridgehead atoms. The summed E-state index contributed by atoms with van der Waals surface area (Å²) in [5, 5.41) is 6.45. The molecule has 0 amide bonds. The van der Waals surface area contributed by atoms with E-state index in [0.717, 1.165) is 6.54 Å². The zero-order valence-electron chi connectivity index (χ0n) is 10.8. The van der Waals surface area contributed by atoms with Crippen LogP contribution < -0.4 is 10.4 Å². The lowest BCUT2D eigenvalue weighted by atomic mass is 9.99. The van der Waals surface area contributed by atoms with Crippen molar-refractivity contribution in [1.82, 2.24) is 15.2 Å². The van der Waals surface area contributed by atoms with Crippen molar-refractivity contribution in [3.8, 4) is 11.1 Å². The Balaban J connectivity index is 2.03. The minimum atomic E-state index is 1.07. The maximum Gasteiger partial charge on any atom is 0.0568 e. The number of hydrazine groups is 1. The summed E-state index contributed by atoms with van der Waals surface area (Å²) < 4.78 is 1.84. The molecule has 0 aliphatic carbocycles. The average molecular weight is 242 g/mol. The van der Waals surface area contributed by atoms with Gasteiger partial charge in [-0.25, -0.2) is 5.43 Å². The van der Waals surface area contributed by atoms with Gasteiger partial charge in [-0.15, -0.1) is 0 Å². The van der Waals surface area contributed by atoms with E-state index in [4.69, 9.17) is 0 Å². The van der Waals surface area contributed by atoms with Gasteiger partial charge in [-0.1, -0.05) is 12.1 Å². The van der Waals surface area contributed by atoms with Crippen molar-refractivity contribution in [3.63, 3.8) is 0 Å². The number of hydrogen-bond acceptors (Lipinski definition) is 3. The lowest BCUT2D eigenvalue weighted by molar-refractivity contribution is 0.634. The summed E-state index contributed by atoms with van der Waals surface area (Å²) >= 11 is 0. The number of nitrogens with one attached hydrogen (secondary N) is 1. The molecule has 1 aliphatic rings. The van der Waals surface area contributed by atoms with Crippen molar-refractivity contribution >= 4 is 5.69 Å². The van der Waals surface area contributed by atoms with Crippen LogP contribution in [0.3, 0.4) is 0 Å². The van der Waals surface area contributed by atoms with Crippen LogP contribution >= 0.6 is 0 Å². The van der Waals surface area contributed by atoms with Crippen LogP contribution in [0.4, 0.5) is 5.69 Å². The minimum absolute atomic E-state index is 1.07. The second-order valence-corrected chi connectivity index (χ2v) is 4.72. The van der Waals surface area contributed by atoms with Crippen molar-refractivity contribution in [2.45, 2.75) is 12.8 Å². The van der Waals surface area contributed by atoms with Crippen molar-refractivity contribution in [1.29, 1.82) is 0 Å². The Kier molecular flexibility index (Phi) is 2.80. The first kappa shape index (κ1) is 11.3. The van der Waals surface area contributed by atoms with E-state index in [1.807, 2.05) is 31.2 Å². The molecule has 18 heavy (non-hydrogen) atoms. The van der Waals surface area contributed by atoms with Crippen LogP contribution in [0.25, 0.3) is 11.1 Å². The molecule has 2 heterocycles. The standard InChI is InChI=1S/C14H18N4/c1-15-18-7-3-4-11-5-6-12(8-14(11)18)13-9-16-17(2)10-13/h5-6,8-10,15H,3-4,7H2,1-2H3. The quantitative estimate of drug-likeness (QED) is 0.874. The molecule has 0 unspecified atom stereocenters. The van der Waals surface area contributed by atoms with E-state index >= 15 is 0 Å². The summed E-state index contributed by atoms with van der Waals surface area (Å²) in [4.78, 5) is 0. The van der Waals surface area contributed by atoms with E-state index in [2.05, 4.69) is 33.7 Å². The Labute approximate surface area is 107 Å². The molecule has 1 aromatic carbocycles. The molecule has 1 aliphatic heterocycles. The molecule has 0 fully saturated rings. The smallest absolute Gasteiger partial charge is 0.0568 e. The van der Waals surface area contributed by atoms with Crippen LogP contribution in [0, 0.1) is 0 Å². The van der Waals surface area contributed by atoms with E-state index < -0.39 is 0 Å². The molecule has 0 saturated carbocycles. The minimum Gasteiger partial charge on any atom is -0.308 e. The lowest BCUT2D eigenvalue weighted by Gasteiger charge is -2.30. The molecule has 0 atom stereocenters. The fraction of sp³-hybridized carbons (Fsp3) is 0.357. The molecule has 94 valence electrons. The fourth-order valence-corrected chi connectivity index (χ4v) is 2.56. The van der Waals surface area contributed by atoms with Crippen LogP contribution in [0.2, 0.25) is 0 Å². The van der Waals surface area contributed by atoms with Gasteiger partial charge in [0.25, 0.3) is 0 Å². The average Bonchev–Trinajstić information content (AvgIpc) is 2.84. The Morgan fingerprint density at radius 2 is 2.17 bits per heavy atom. The Hall–Kier alpha value is -1.81. The van der Waals surface area contributed by atoms with Gasteiger partial charge in [-0.3, -0.25) is 4.68 Å². The van der Waals surface area contributed by atoms with Crippen LogP contribution in [-0.2, 0) is 13.5 Å². The highest BCUT2D eigenvalue weighted by atomic mass is 15.5. The normalized spacial score (nSPS) is 14.7. The summed E-state index contributed by atoms with van der Waals surface area (Å²) in [6, 6.07) is 6.68. The molecule has 0 spiro atoms. The van der Waals surface area contributed by atoms with E-state index in [1.54, 1.807) is 0 Å². The monoisotopic (exact) mass is 242 g/mol. The SMILES string of the molecule is CNN1CCCc2ccc(-c3cnn(C)c3)cc21. The molecule has 0 radical (unpaired) electrons. The number of anilines is 1. The lowest BCUT2D eigenvalue weighted by Crippen LogP contribution is -2.39. The van der Waals surface area contributed by atoms with E-state index in [1.165, 1.54) is 35.2 Å². The van der Waals surface area contributed by atoms with Gasteiger partial charge in [-0.05, 0) is 30.0 Å². The van der Waals surface area contributed by atoms with Crippen molar-refractivity contribution in [3.05, 3.63) is 36.2 Å². The first-order valence-electron chi connectivity index (χ1n) is 6.35. The van der Waals surface area contributed by atoms with Gasteiger partial charge in [-0.2, -0.15) is 5.10 Å². The summed E-state index contributed by atoms with van der Waals surface area (Å²) in [6.07, 6.45) is 6.34. The summed E-state index contributed by atoms with van der Waals surface area (Å²) in [6.45, 7) is 1.07. The van der Waals surface area contributed by atoms with Gasteiger partial charge in [0.05, 0.1) is 11.9 Å². The van der Waals surface area contributed by atoms with E-state index in [0.29, 0.717) is 0 Å². The zero-order chi connectivity index (χ0) is 12.5. The van der Waals surface area contributed by atoms with Gasteiger partial charge >= 0.3 is 0 Å². The van der Waals surface area contributed by atoms with E-state index in [9.17, 15) is 0 Å². The number of aryl methyl sites for hydroxylation is 2. The predicted molar refractivity (Wildman–Crippen MR) is 73.4 cm³/mol. The maximum absolute atomic E-state index is 4.23. The van der Waals surface area contributed by atoms with Gasteiger partial charge in [0.2, 0.25) is 0 Å². The molecular weight excluding hydrogens is 224 g/mol. The summed E-state index contributed by atoms with van der Waals surface area (Å²) in [7, 11) is 3.92. The number of hydrogen-bond donors (Lipinski definition) is 1. The molecule has 1 N–H and O–H groups in total. The molecule has 1 aromatic heterocycles. The second-order valence-electron chi connectivity index (χ2n) is 4.72. The van der Waals surface area contributed by atoms with Crippen LogP contribution in [0.1, 0.15) is 12.0 Å². The first-order chi connectivity index (χ1) is 8.78. The molecule has 4 nitrogen and oxygen atoms in total. The van der Waals surface area contributed by atoms with Gasteiger partial charge in [0.1, 0.15) is 0 Å². The molecule has 3 rings (SSSR count). The number of fused-ring (bicyclic) bond motifs is 1. The second kappa shape index (κ2) is 4.46. The number of benzene rings is 1. The molecular formula is C14H18N4. The number of rotatable bonds is 2. The van der Waals surface area contributed by atoms with Crippen molar-refractivity contribution in [2.75, 3.05) is 18.6 Å². The van der Waals surface area contributed by atoms with Crippen molar-refractivity contribution < 1.29 is 0 Å². The fourth-order valence-electron chi connectivity index (χ4n) is 2.56. The number of nitrogens with zero attached hydrogens (tertiary/aromatic N) is 3. The Bertz CT molecular complexity index is 559. The number of aromatic nitrogens is 2. The summed E-state index contributed by atoms with van der Waals surface area (Å²) in [5.74, 6) is 0. The molecule has 2 aromatic rings. The van der Waals surface area contributed by atoms with Gasteiger partial charge in [0, 0.05) is 32.4 Å². The summed E-state index contributed by atoms with van der Waals surface area (Å²) in [5.41, 5.74) is 8.37. The maximum atomic E-state index is 4.23. The zero-order valence-corrected chi connectivity index (χ0v) is 10.8. The molecule has 4 heteroatoms. The van der Waals surface area contributed by atoms with Crippen molar-refractivity contribution in [2.24, 2.45) is 7.05 Å². The van der Waals surface area contributed by atoms with Crippen LogP contribution in [0.5, 0.6) is 0 Å². The topological polar surface area (TPSA) is 33.1 Å². The Morgan fingerprint density at radius 1 is 1.28 bits per heavy atom. The largest absolute Gasteiger partial charge is 0.308 e. The third-order valence-corrected chi connectivity index (χ3v) is 3.51. The third kappa shape index (κ3) is 1.88. The highest BCUT2D eigenvalue weighted by Crippen LogP contribution is 2.30. The van der Waals surface area contributed by atoms with Crippen LogP contribution in [-0.4, -0.2) is 23.4 Å². The van der Waals surface area contributed by atoms with Gasteiger partial charge < -0.3 is 5.01 Å². The predicted octanol–water partition coefficient (Wildman–Crippen LogP) is 1.97. The molecule has 0 saturated heterocycles. The highest BCUT2D eigenvalue weighted by molar-refractivity contribution is 5.70. The van der Waals surface area contributed by atoms with E-state index in [-0.39, 0.29) is 0 Å². The first-order valence-corrected chi connectivity index (χ1v) is 6.35. The van der Waals surface area contributed by atoms with Gasteiger partial charge in [0.15, 0.2) is 0 Å². The highest BCUT2D eigenvalue weighted by Gasteiger charge is 2.16.